The molecule has 1 heterocycles. The fourth-order valence-corrected chi connectivity index (χ4v) is 3.72. The lowest BCUT2D eigenvalue weighted by molar-refractivity contribution is -0.118. The third-order valence-corrected chi connectivity index (χ3v) is 5.24. The Labute approximate surface area is 120 Å². The zero-order chi connectivity index (χ0) is 13.1. The van der Waals surface area contributed by atoms with Gasteiger partial charge in [-0.1, -0.05) is 12.1 Å². The number of thiazole rings is 1. The summed E-state index contributed by atoms with van der Waals surface area (Å²) in [7, 11) is 0. The quantitative estimate of drug-likeness (QED) is 0.889. The van der Waals surface area contributed by atoms with Crippen LogP contribution >= 0.6 is 23.1 Å². The van der Waals surface area contributed by atoms with Crippen molar-refractivity contribution < 1.29 is 4.79 Å². The molecule has 1 aliphatic rings. The van der Waals surface area contributed by atoms with Crippen molar-refractivity contribution in [3.63, 3.8) is 0 Å². The van der Waals surface area contributed by atoms with Gasteiger partial charge in [0.25, 0.3) is 0 Å². The molecule has 3 nitrogen and oxygen atoms in total. The second-order valence-corrected chi connectivity index (χ2v) is 6.92. The lowest BCUT2D eigenvalue weighted by atomic mass is 10.3. The molecular formula is C14H16N2OS2. The average Bonchev–Trinajstić information content (AvgIpc) is 3.15. The Hall–Kier alpha value is -1.07. The van der Waals surface area contributed by atoms with E-state index in [0.29, 0.717) is 5.75 Å². The predicted molar refractivity (Wildman–Crippen MR) is 81.5 cm³/mol. The highest BCUT2D eigenvalue weighted by Crippen LogP contribution is 2.27. The van der Waals surface area contributed by atoms with Crippen molar-refractivity contribution in [3.05, 3.63) is 29.3 Å². The van der Waals surface area contributed by atoms with E-state index in [2.05, 4.69) is 16.4 Å². The normalized spacial score (nSPS) is 14.7. The van der Waals surface area contributed by atoms with Crippen LogP contribution in [0.1, 0.15) is 17.8 Å². The lowest BCUT2D eigenvalue weighted by Crippen LogP contribution is -2.27. The zero-order valence-corrected chi connectivity index (χ0v) is 12.2. The van der Waals surface area contributed by atoms with Crippen molar-refractivity contribution >= 4 is 39.2 Å². The summed E-state index contributed by atoms with van der Waals surface area (Å²) in [5.41, 5.74) is 1.06. The Kier molecular flexibility index (Phi) is 4.03. The molecular weight excluding hydrogens is 276 g/mol. The maximum absolute atomic E-state index is 11.6. The van der Waals surface area contributed by atoms with Crippen molar-refractivity contribution in [2.75, 3.05) is 12.3 Å². The molecule has 1 amide bonds. The fourth-order valence-electron chi connectivity index (χ4n) is 1.84. The molecule has 1 aromatic heterocycles. The number of aromatic nitrogens is 1. The van der Waals surface area contributed by atoms with E-state index in [1.165, 1.54) is 17.5 Å². The molecule has 100 valence electrons. The highest BCUT2D eigenvalue weighted by Gasteiger charge is 2.21. The molecule has 1 aromatic carbocycles. The first-order chi connectivity index (χ1) is 9.31. The van der Waals surface area contributed by atoms with Crippen LogP contribution in [-0.2, 0) is 10.5 Å². The first kappa shape index (κ1) is 12.9. The molecule has 1 aliphatic carbocycles. The zero-order valence-electron chi connectivity index (χ0n) is 10.6. The van der Waals surface area contributed by atoms with Crippen LogP contribution in [0, 0.1) is 5.92 Å². The van der Waals surface area contributed by atoms with Crippen molar-refractivity contribution in [3.8, 4) is 0 Å². The Morgan fingerprint density at radius 1 is 1.42 bits per heavy atom. The summed E-state index contributed by atoms with van der Waals surface area (Å²) >= 11 is 3.35. The Bertz CT molecular complexity index is 545. The van der Waals surface area contributed by atoms with E-state index in [1.54, 1.807) is 23.1 Å². The number of rotatable bonds is 6. The summed E-state index contributed by atoms with van der Waals surface area (Å²) in [4.78, 5) is 16.1. The van der Waals surface area contributed by atoms with Gasteiger partial charge in [-0.3, -0.25) is 4.79 Å². The van der Waals surface area contributed by atoms with Crippen LogP contribution in [0.5, 0.6) is 0 Å². The number of carbonyl (C=O) groups is 1. The van der Waals surface area contributed by atoms with E-state index in [4.69, 9.17) is 0 Å². The number of hydrogen-bond acceptors (Lipinski definition) is 4. The van der Waals surface area contributed by atoms with E-state index in [1.807, 2.05) is 18.2 Å². The number of nitrogens with one attached hydrogen (secondary N) is 1. The highest BCUT2D eigenvalue weighted by atomic mass is 32.2. The monoisotopic (exact) mass is 292 g/mol. The predicted octanol–water partition coefficient (Wildman–Crippen LogP) is 3.06. The molecule has 0 saturated heterocycles. The molecule has 19 heavy (non-hydrogen) atoms. The molecule has 5 heteroatoms. The minimum absolute atomic E-state index is 0.151. The summed E-state index contributed by atoms with van der Waals surface area (Å²) in [6.45, 7) is 0.862. The second kappa shape index (κ2) is 5.92. The van der Waals surface area contributed by atoms with Gasteiger partial charge in [-0.05, 0) is 30.9 Å². The Morgan fingerprint density at radius 2 is 2.26 bits per heavy atom. The number of amides is 1. The number of nitrogens with zero attached hydrogens (tertiary/aromatic N) is 1. The van der Waals surface area contributed by atoms with Gasteiger partial charge in [0.15, 0.2) is 0 Å². The number of carbonyl (C=O) groups excluding carboxylic acids is 1. The average molecular weight is 292 g/mol. The van der Waals surface area contributed by atoms with Gasteiger partial charge < -0.3 is 5.32 Å². The summed E-state index contributed by atoms with van der Waals surface area (Å²) in [6.07, 6.45) is 2.55. The maximum Gasteiger partial charge on any atom is 0.230 e. The van der Waals surface area contributed by atoms with Gasteiger partial charge in [-0.15, -0.1) is 23.1 Å². The number of thioether (sulfide) groups is 1. The number of hydrogen-bond donors (Lipinski definition) is 1. The van der Waals surface area contributed by atoms with Crippen LogP contribution in [0.15, 0.2) is 24.3 Å². The maximum atomic E-state index is 11.6. The SMILES string of the molecule is O=C(CSCc1nc2ccccc2s1)NCC1CC1. The first-order valence-corrected chi connectivity index (χ1v) is 8.47. The molecule has 1 fully saturated rings. The van der Waals surface area contributed by atoms with Gasteiger partial charge in [0, 0.05) is 12.3 Å². The summed E-state index contributed by atoms with van der Waals surface area (Å²) in [5, 5.41) is 4.08. The lowest BCUT2D eigenvalue weighted by Gasteiger charge is -2.02. The molecule has 1 saturated carbocycles. The van der Waals surface area contributed by atoms with Crippen LogP contribution in [0.4, 0.5) is 0 Å². The number of fused-ring (bicyclic) bond motifs is 1. The molecule has 2 aromatic rings. The van der Waals surface area contributed by atoms with E-state index >= 15 is 0 Å². The molecule has 3 rings (SSSR count). The van der Waals surface area contributed by atoms with E-state index in [-0.39, 0.29) is 5.91 Å². The first-order valence-electron chi connectivity index (χ1n) is 6.50. The number of para-hydroxylation sites is 1. The van der Waals surface area contributed by atoms with Gasteiger partial charge in [-0.25, -0.2) is 4.98 Å². The number of benzene rings is 1. The van der Waals surface area contributed by atoms with E-state index in [0.717, 1.165) is 28.7 Å². The fraction of sp³-hybridized carbons (Fsp3) is 0.429. The Morgan fingerprint density at radius 3 is 3.05 bits per heavy atom. The van der Waals surface area contributed by atoms with Gasteiger partial charge in [0.1, 0.15) is 5.01 Å². The topological polar surface area (TPSA) is 42.0 Å². The molecule has 0 bridgehead atoms. The van der Waals surface area contributed by atoms with Crippen LogP contribution in [0.2, 0.25) is 0 Å². The van der Waals surface area contributed by atoms with Crippen LogP contribution in [0.3, 0.4) is 0 Å². The summed E-state index contributed by atoms with van der Waals surface area (Å²) < 4.78 is 1.22. The largest absolute Gasteiger partial charge is 0.355 e. The van der Waals surface area contributed by atoms with Gasteiger partial charge in [0.05, 0.1) is 16.0 Å². The third kappa shape index (κ3) is 3.70. The molecule has 0 atom stereocenters. The minimum Gasteiger partial charge on any atom is -0.355 e. The Balaban J connectivity index is 1.44. The summed E-state index contributed by atoms with van der Waals surface area (Å²) in [5.74, 6) is 2.25. The molecule has 0 unspecified atom stereocenters. The van der Waals surface area contributed by atoms with Crippen LogP contribution in [-0.4, -0.2) is 23.2 Å². The van der Waals surface area contributed by atoms with E-state index in [9.17, 15) is 4.79 Å². The molecule has 0 aliphatic heterocycles. The highest BCUT2D eigenvalue weighted by molar-refractivity contribution is 7.99. The van der Waals surface area contributed by atoms with Crippen molar-refractivity contribution in [2.45, 2.75) is 18.6 Å². The second-order valence-electron chi connectivity index (χ2n) is 4.82. The van der Waals surface area contributed by atoms with Crippen LogP contribution < -0.4 is 5.32 Å². The van der Waals surface area contributed by atoms with Crippen molar-refractivity contribution in [2.24, 2.45) is 5.92 Å². The van der Waals surface area contributed by atoms with Crippen molar-refractivity contribution in [1.29, 1.82) is 0 Å². The molecule has 1 N–H and O–H groups in total. The van der Waals surface area contributed by atoms with Crippen LogP contribution in [0.25, 0.3) is 10.2 Å². The van der Waals surface area contributed by atoms with Gasteiger partial charge >= 0.3 is 0 Å². The minimum atomic E-state index is 0.151. The smallest absolute Gasteiger partial charge is 0.230 e. The summed E-state index contributed by atoms with van der Waals surface area (Å²) in [6, 6.07) is 8.15. The van der Waals surface area contributed by atoms with Gasteiger partial charge in [-0.2, -0.15) is 0 Å². The molecule has 0 radical (unpaired) electrons. The third-order valence-electron chi connectivity index (χ3n) is 3.08. The van der Waals surface area contributed by atoms with Crippen molar-refractivity contribution in [1.82, 2.24) is 10.3 Å². The van der Waals surface area contributed by atoms with Gasteiger partial charge in [0.2, 0.25) is 5.91 Å². The molecule has 0 spiro atoms. The van der Waals surface area contributed by atoms with E-state index < -0.39 is 0 Å². The standard InChI is InChI=1S/C14H16N2OS2/c17-13(15-7-10-5-6-10)8-18-9-14-16-11-3-1-2-4-12(11)19-14/h1-4,10H,5-9H2,(H,15,17).